The molecule has 0 saturated heterocycles. The fourth-order valence-electron chi connectivity index (χ4n) is 1.78. The number of rotatable bonds is 4. The number of hydrogen-bond acceptors (Lipinski definition) is 0. The topological polar surface area (TPSA) is 0 Å². The molecule has 0 radical (unpaired) electrons. The van der Waals surface area contributed by atoms with E-state index in [9.17, 15) is 0 Å². The molecule has 84 valence electrons. The fraction of sp³-hybridized carbons (Fsp3) is 0.571. The van der Waals surface area contributed by atoms with Crippen molar-refractivity contribution in [2.24, 2.45) is 5.92 Å². The van der Waals surface area contributed by atoms with Gasteiger partial charge in [-0.25, -0.2) is 0 Å². The maximum Gasteiger partial charge on any atom is 0.0294 e. The van der Waals surface area contributed by atoms with Gasteiger partial charge in [-0.15, -0.1) is 11.6 Å². The third kappa shape index (κ3) is 3.24. The van der Waals surface area contributed by atoms with Crippen molar-refractivity contribution in [2.75, 3.05) is 5.88 Å². The normalized spacial score (nSPS) is 13.5. The minimum atomic E-state index is 0.480. The molecule has 0 bridgehead atoms. The zero-order valence-corrected chi connectivity index (χ0v) is 10.9. The highest BCUT2D eigenvalue weighted by Crippen LogP contribution is 2.27. The summed E-state index contributed by atoms with van der Waals surface area (Å²) >= 11 is 6.00. The molecule has 0 aliphatic heterocycles. The van der Waals surface area contributed by atoms with Gasteiger partial charge in [0, 0.05) is 5.88 Å². The Bertz CT molecular complexity index is 285. The number of halogens is 1. The molecule has 0 aromatic heterocycles. The van der Waals surface area contributed by atoms with Crippen LogP contribution in [0.1, 0.15) is 50.7 Å². The molecule has 0 nitrogen and oxygen atoms in total. The van der Waals surface area contributed by atoms with Crippen LogP contribution >= 0.6 is 11.6 Å². The quantitative estimate of drug-likeness (QED) is 0.646. The summed E-state index contributed by atoms with van der Waals surface area (Å²) in [7, 11) is 0. The van der Waals surface area contributed by atoms with Crippen LogP contribution in [0.4, 0.5) is 0 Å². The van der Waals surface area contributed by atoms with Crippen molar-refractivity contribution in [3.8, 4) is 0 Å². The molecule has 1 rings (SSSR count). The first-order chi connectivity index (χ1) is 7.06. The molecule has 15 heavy (non-hydrogen) atoms. The summed E-state index contributed by atoms with van der Waals surface area (Å²) in [4.78, 5) is 0. The van der Waals surface area contributed by atoms with Gasteiger partial charge in [-0.05, 0) is 28.9 Å². The molecule has 0 heterocycles. The molecule has 0 amide bonds. The van der Waals surface area contributed by atoms with Gasteiger partial charge in [-0.1, -0.05) is 52.0 Å². The summed E-state index contributed by atoms with van der Waals surface area (Å²) in [5, 5.41) is 0. The van der Waals surface area contributed by atoms with Gasteiger partial charge in [0.1, 0.15) is 0 Å². The average Bonchev–Trinajstić information content (AvgIpc) is 2.19. The maximum atomic E-state index is 6.00. The molecule has 1 atom stereocenters. The van der Waals surface area contributed by atoms with Crippen molar-refractivity contribution in [3.05, 3.63) is 35.4 Å². The molecule has 0 aliphatic carbocycles. The second-order valence-electron chi connectivity index (χ2n) is 4.83. The van der Waals surface area contributed by atoms with Crippen molar-refractivity contribution in [3.63, 3.8) is 0 Å². The molecular formula is C14H21Cl. The predicted molar refractivity (Wildman–Crippen MR) is 68.8 cm³/mol. The van der Waals surface area contributed by atoms with E-state index in [1.54, 1.807) is 0 Å². The van der Waals surface area contributed by atoms with Gasteiger partial charge >= 0.3 is 0 Å². The third-order valence-corrected chi connectivity index (χ3v) is 3.33. The molecule has 0 saturated carbocycles. The molecule has 1 aromatic rings. The summed E-state index contributed by atoms with van der Waals surface area (Å²) in [5.41, 5.74) is 2.76. The molecule has 0 N–H and O–H groups in total. The smallest absolute Gasteiger partial charge is 0.0294 e. The summed E-state index contributed by atoms with van der Waals surface area (Å²) in [6.45, 7) is 8.89. The van der Waals surface area contributed by atoms with Gasteiger partial charge in [-0.3, -0.25) is 0 Å². The van der Waals surface area contributed by atoms with Crippen molar-refractivity contribution in [1.82, 2.24) is 0 Å². The average molecular weight is 225 g/mol. The van der Waals surface area contributed by atoms with Crippen LogP contribution in [0.15, 0.2) is 24.3 Å². The Labute approximate surface area is 98.7 Å². The van der Waals surface area contributed by atoms with Gasteiger partial charge in [0.05, 0.1) is 0 Å². The van der Waals surface area contributed by atoms with Crippen LogP contribution in [-0.2, 0) is 0 Å². The third-order valence-electron chi connectivity index (χ3n) is 3.00. The van der Waals surface area contributed by atoms with E-state index in [-0.39, 0.29) is 0 Å². The van der Waals surface area contributed by atoms with Crippen LogP contribution < -0.4 is 0 Å². The van der Waals surface area contributed by atoms with E-state index >= 15 is 0 Å². The first-order valence-corrected chi connectivity index (χ1v) is 6.25. The molecular weight excluding hydrogens is 204 g/mol. The van der Waals surface area contributed by atoms with E-state index < -0.39 is 0 Å². The zero-order chi connectivity index (χ0) is 11.4. The lowest BCUT2D eigenvalue weighted by molar-refractivity contribution is 0.539. The van der Waals surface area contributed by atoms with Crippen LogP contribution in [0.25, 0.3) is 0 Å². The number of benzene rings is 1. The summed E-state index contributed by atoms with van der Waals surface area (Å²) in [6.07, 6.45) is 0. The van der Waals surface area contributed by atoms with E-state index in [1.165, 1.54) is 11.1 Å². The fourth-order valence-corrected chi connectivity index (χ4v) is 2.31. The highest BCUT2D eigenvalue weighted by Gasteiger charge is 2.14. The maximum absolute atomic E-state index is 6.00. The van der Waals surface area contributed by atoms with Crippen molar-refractivity contribution in [2.45, 2.75) is 39.5 Å². The highest BCUT2D eigenvalue weighted by molar-refractivity contribution is 6.18. The van der Waals surface area contributed by atoms with Gasteiger partial charge in [-0.2, -0.15) is 0 Å². The Kier molecular flexibility index (Phi) is 4.66. The minimum absolute atomic E-state index is 0.480. The lowest BCUT2D eigenvalue weighted by Gasteiger charge is -2.19. The van der Waals surface area contributed by atoms with E-state index in [4.69, 9.17) is 11.6 Å². The van der Waals surface area contributed by atoms with Gasteiger partial charge in [0.15, 0.2) is 0 Å². The van der Waals surface area contributed by atoms with Crippen LogP contribution in [0.3, 0.4) is 0 Å². The van der Waals surface area contributed by atoms with Gasteiger partial charge in [0.2, 0.25) is 0 Å². The number of hydrogen-bond donors (Lipinski definition) is 0. The Hall–Kier alpha value is -0.490. The Morgan fingerprint density at radius 3 is 1.73 bits per heavy atom. The molecule has 1 aromatic carbocycles. The minimum Gasteiger partial charge on any atom is -0.126 e. The first kappa shape index (κ1) is 12.6. The van der Waals surface area contributed by atoms with Crippen LogP contribution in [-0.4, -0.2) is 5.88 Å². The summed E-state index contributed by atoms with van der Waals surface area (Å²) in [5.74, 6) is 2.39. The van der Waals surface area contributed by atoms with Crippen molar-refractivity contribution in [1.29, 1.82) is 0 Å². The van der Waals surface area contributed by atoms with Gasteiger partial charge < -0.3 is 0 Å². The Morgan fingerprint density at radius 2 is 1.40 bits per heavy atom. The Balaban J connectivity index is 2.87. The molecule has 1 unspecified atom stereocenters. The van der Waals surface area contributed by atoms with E-state index in [1.807, 2.05) is 0 Å². The molecule has 0 aliphatic rings. The standard InChI is InChI=1S/C14H21Cl/c1-10(2)12-5-7-13(8-6-12)14(9-15)11(3)4/h5-8,10-11,14H,9H2,1-4H3. The van der Waals surface area contributed by atoms with Crippen LogP contribution in [0, 0.1) is 5.92 Å². The van der Waals surface area contributed by atoms with E-state index in [0.29, 0.717) is 23.6 Å². The van der Waals surface area contributed by atoms with Gasteiger partial charge in [0.25, 0.3) is 0 Å². The van der Waals surface area contributed by atoms with E-state index in [0.717, 1.165) is 0 Å². The predicted octanol–water partition coefficient (Wildman–Crippen LogP) is 4.79. The largest absolute Gasteiger partial charge is 0.126 e. The lowest BCUT2D eigenvalue weighted by atomic mass is 9.89. The highest BCUT2D eigenvalue weighted by atomic mass is 35.5. The number of alkyl halides is 1. The summed E-state index contributed by atoms with van der Waals surface area (Å²) in [6, 6.07) is 8.90. The van der Waals surface area contributed by atoms with E-state index in [2.05, 4.69) is 52.0 Å². The van der Waals surface area contributed by atoms with Crippen LogP contribution in [0.5, 0.6) is 0 Å². The molecule has 1 heteroatoms. The first-order valence-electron chi connectivity index (χ1n) is 5.72. The monoisotopic (exact) mass is 224 g/mol. The lowest BCUT2D eigenvalue weighted by Crippen LogP contribution is -2.08. The zero-order valence-electron chi connectivity index (χ0n) is 10.1. The Morgan fingerprint density at radius 1 is 0.933 bits per heavy atom. The van der Waals surface area contributed by atoms with Crippen molar-refractivity contribution < 1.29 is 0 Å². The van der Waals surface area contributed by atoms with Crippen molar-refractivity contribution >= 4 is 11.6 Å². The second kappa shape index (κ2) is 5.55. The molecule has 0 fully saturated rings. The second-order valence-corrected chi connectivity index (χ2v) is 5.13. The summed E-state index contributed by atoms with van der Waals surface area (Å²) < 4.78 is 0. The van der Waals surface area contributed by atoms with Crippen LogP contribution in [0.2, 0.25) is 0 Å². The SMILES string of the molecule is CC(C)c1ccc(C(CCl)C(C)C)cc1. The molecule has 0 spiro atoms.